The van der Waals surface area contributed by atoms with E-state index in [4.69, 9.17) is 0 Å². The first-order valence-corrected chi connectivity index (χ1v) is 3.18. The van der Waals surface area contributed by atoms with Crippen LogP contribution in [0.25, 0.3) is 0 Å². The molecule has 0 radical (unpaired) electrons. The quantitative estimate of drug-likeness (QED) is 0.658. The molecule has 0 aliphatic rings. The maximum atomic E-state index is 12.7. The molecule has 0 atom stereocenters. The van der Waals surface area contributed by atoms with Crippen LogP contribution in [-0.4, -0.2) is 4.98 Å². The number of rotatable bonds is 2. The summed E-state index contributed by atoms with van der Waals surface area (Å²) in [5.41, 5.74) is -0.00463. The molecule has 0 saturated heterocycles. The molecule has 1 aromatic heterocycles. The van der Waals surface area contributed by atoms with Crippen LogP contribution in [0.1, 0.15) is 19.0 Å². The van der Waals surface area contributed by atoms with Gasteiger partial charge < -0.3 is 4.98 Å². The first kappa shape index (κ1) is 7.25. The maximum absolute atomic E-state index is 12.7. The Balaban J connectivity index is 2.85. The first-order chi connectivity index (χ1) is 4.67. The van der Waals surface area contributed by atoms with Crippen molar-refractivity contribution in [1.82, 2.24) is 4.98 Å². The predicted octanol–water partition coefficient (Wildman–Crippen LogP) is 2.52. The molecule has 3 heteroatoms. The zero-order valence-corrected chi connectivity index (χ0v) is 5.70. The Labute approximate surface area is 58.1 Å². The predicted molar refractivity (Wildman–Crippen MR) is 35.0 cm³/mol. The molecule has 0 unspecified atom stereocenters. The molecule has 0 aliphatic heterocycles. The molecular weight excluding hydrogens is 136 g/mol. The molecule has 1 aromatic rings. The Kier molecular flexibility index (Phi) is 1.74. The van der Waals surface area contributed by atoms with Gasteiger partial charge in [-0.2, -0.15) is 8.78 Å². The molecule has 56 valence electrons. The summed E-state index contributed by atoms with van der Waals surface area (Å²) in [5, 5.41) is 0. The van der Waals surface area contributed by atoms with E-state index in [2.05, 4.69) is 4.98 Å². The van der Waals surface area contributed by atoms with Crippen molar-refractivity contribution in [1.29, 1.82) is 0 Å². The summed E-state index contributed by atoms with van der Waals surface area (Å²) in [5.74, 6) is -2.69. The molecule has 1 rings (SSSR count). The summed E-state index contributed by atoms with van der Waals surface area (Å²) in [6, 6.07) is 2.96. The fourth-order valence-electron chi connectivity index (χ4n) is 0.748. The molecule has 0 spiro atoms. The van der Waals surface area contributed by atoms with Gasteiger partial charge >= 0.3 is 0 Å². The average Bonchev–Trinajstić information content (AvgIpc) is 2.38. The summed E-state index contributed by atoms with van der Waals surface area (Å²) >= 11 is 0. The molecule has 0 fully saturated rings. The van der Waals surface area contributed by atoms with Gasteiger partial charge in [-0.3, -0.25) is 0 Å². The van der Waals surface area contributed by atoms with Crippen molar-refractivity contribution in [2.75, 3.05) is 0 Å². The molecule has 1 heterocycles. The van der Waals surface area contributed by atoms with Crippen molar-refractivity contribution < 1.29 is 8.78 Å². The van der Waals surface area contributed by atoms with E-state index in [-0.39, 0.29) is 12.1 Å². The Hall–Kier alpha value is -0.860. The molecule has 0 bridgehead atoms. The maximum Gasteiger partial charge on any atom is 0.287 e. The van der Waals surface area contributed by atoms with Crippen LogP contribution in [0.15, 0.2) is 18.3 Å². The van der Waals surface area contributed by atoms with Crippen LogP contribution in [0.3, 0.4) is 0 Å². The standard InChI is InChI=1S/C7H9F2N/c1-2-7(8,9)6-4-3-5-10-6/h3-5,10H,2H2,1H3. The van der Waals surface area contributed by atoms with E-state index in [1.165, 1.54) is 19.2 Å². The van der Waals surface area contributed by atoms with E-state index < -0.39 is 5.92 Å². The van der Waals surface area contributed by atoms with Gasteiger partial charge in [0.25, 0.3) is 5.92 Å². The zero-order chi connectivity index (χ0) is 7.61. The normalized spacial score (nSPS) is 11.9. The minimum Gasteiger partial charge on any atom is -0.360 e. The second kappa shape index (κ2) is 2.40. The van der Waals surface area contributed by atoms with Gasteiger partial charge in [0, 0.05) is 12.6 Å². The number of halogens is 2. The monoisotopic (exact) mass is 145 g/mol. The van der Waals surface area contributed by atoms with Crippen LogP contribution in [0.5, 0.6) is 0 Å². The van der Waals surface area contributed by atoms with Crippen LogP contribution >= 0.6 is 0 Å². The third-order valence-electron chi connectivity index (χ3n) is 1.44. The van der Waals surface area contributed by atoms with Gasteiger partial charge in [-0.15, -0.1) is 0 Å². The van der Waals surface area contributed by atoms with Crippen molar-refractivity contribution in [3.05, 3.63) is 24.0 Å². The summed E-state index contributed by atoms with van der Waals surface area (Å²) in [6.45, 7) is 1.46. The molecule has 0 aliphatic carbocycles. The lowest BCUT2D eigenvalue weighted by molar-refractivity contribution is -0.0122. The highest BCUT2D eigenvalue weighted by Gasteiger charge is 2.29. The second-order valence-electron chi connectivity index (χ2n) is 2.14. The lowest BCUT2D eigenvalue weighted by atomic mass is 10.2. The van der Waals surface area contributed by atoms with E-state index in [1.807, 2.05) is 0 Å². The smallest absolute Gasteiger partial charge is 0.287 e. The number of H-pyrrole nitrogens is 1. The van der Waals surface area contributed by atoms with Gasteiger partial charge in [-0.25, -0.2) is 0 Å². The Morgan fingerprint density at radius 2 is 2.30 bits per heavy atom. The van der Waals surface area contributed by atoms with E-state index in [9.17, 15) is 8.78 Å². The van der Waals surface area contributed by atoms with Crippen LogP contribution in [0.2, 0.25) is 0 Å². The largest absolute Gasteiger partial charge is 0.360 e. The van der Waals surface area contributed by atoms with E-state index in [1.54, 1.807) is 6.07 Å². The number of hydrogen-bond acceptors (Lipinski definition) is 0. The fraction of sp³-hybridized carbons (Fsp3) is 0.429. The topological polar surface area (TPSA) is 15.8 Å². The highest BCUT2D eigenvalue weighted by molar-refractivity contribution is 5.09. The summed E-state index contributed by atoms with van der Waals surface area (Å²) < 4.78 is 25.4. The molecule has 10 heavy (non-hydrogen) atoms. The minimum absolute atomic E-state index is 0.00463. The van der Waals surface area contributed by atoms with E-state index in [0.717, 1.165) is 0 Å². The van der Waals surface area contributed by atoms with E-state index >= 15 is 0 Å². The van der Waals surface area contributed by atoms with Gasteiger partial charge in [0.15, 0.2) is 0 Å². The summed E-state index contributed by atoms with van der Waals surface area (Å²) in [7, 11) is 0. The third kappa shape index (κ3) is 1.17. The summed E-state index contributed by atoms with van der Waals surface area (Å²) in [4.78, 5) is 2.48. The number of aromatic nitrogens is 1. The molecule has 1 nitrogen and oxygen atoms in total. The second-order valence-corrected chi connectivity index (χ2v) is 2.14. The molecule has 1 N–H and O–H groups in total. The highest BCUT2D eigenvalue weighted by atomic mass is 19.3. The molecule has 0 aromatic carbocycles. The van der Waals surface area contributed by atoms with Crippen molar-refractivity contribution in [3.8, 4) is 0 Å². The number of nitrogens with one attached hydrogen (secondary N) is 1. The first-order valence-electron chi connectivity index (χ1n) is 3.18. The van der Waals surface area contributed by atoms with Gasteiger partial charge in [-0.05, 0) is 12.1 Å². The fourth-order valence-corrected chi connectivity index (χ4v) is 0.748. The highest BCUT2D eigenvalue weighted by Crippen LogP contribution is 2.29. The Morgan fingerprint density at radius 3 is 2.70 bits per heavy atom. The molecule has 0 amide bonds. The Bertz CT molecular complexity index is 191. The van der Waals surface area contributed by atoms with Gasteiger partial charge in [0.05, 0.1) is 5.69 Å². The SMILES string of the molecule is CCC(F)(F)c1ccc[nH]1. The average molecular weight is 145 g/mol. The van der Waals surface area contributed by atoms with Gasteiger partial charge in [-0.1, -0.05) is 6.92 Å². The van der Waals surface area contributed by atoms with Crippen molar-refractivity contribution in [3.63, 3.8) is 0 Å². The van der Waals surface area contributed by atoms with Crippen LogP contribution in [0.4, 0.5) is 8.78 Å². The van der Waals surface area contributed by atoms with Gasteiger partial charge in [0.2, 0.25) is 0 Å². The van der Waals surface area contributed by atoms with E-state index in [0.29, 0.717) is 0 Å². The molecular formula is C7H9F2N. The zero-order valence-electron chi connectivity index (χ0n) is 5.70. The van der Waals surface area contributed by atoms with Gasteiger partial charge in [0.1, 0.15) is 0 Å². The van der Waals surface area contributed by atoms with Crippen molar-refractivity contribution >= 4 is 0 Å². The number of hydrogen-bond donors (Lipinski definition) is 1. The lowest BCUT2D eigenvalue weighted by Crippen LogP contribution is -2.11. The Morgan fingerprint density at radius 1 is 1.60 bits per heavy atom. The number of aromatic amines is 1. The third-order valence-corrected chi connectivity index (χ3v) is 1.44. The minimum atomic E-state index is -2.69. The van der Waals surface area contributed by atoms with Crippen molar-refractivity contribution in [2.45, 2.75) is 19.3 Å². The van der Waals surface area contributed by atoms with Crippen LogP contribution in [-0.2, 0) is 5.92 Å². The van der Waals surface area contributed by atoms with Crippen LogP contribution in [0, 0.1) is 0 Å². The summed E-state index contributed by atoms with van der Waals surface area (Å²) in [6.07, 6.45) is 1.34. The van der Waals surface area contributed by atoms with Crippen molar-refractivity contribution in [2.24, 2.45) is 0 Å². The molecule has 0 saturated carbocycles. The number of alkyl halides is 2. The lowest BCUT2D eigenvalue weighted by Gasteiger charge is -2.10. The van der Waals surface area contributed by atoms with Crippen LogP contribution < -0.4 is 0 Å².